The van der Waals surface area contributed by atoms with Crippen LogP contribution in [0.4, 0.5) is 0 Å². The van der Waals surface area contributed by atoms with Crippen molar-refractivity contribution in [2.45, 2.75) is 63.8 Å². The van der Waals surface area contributed by atoms with Gasteiger partial charge in [0.05, 0.1) is 24.6 Å². The molecular weight excluding hydrogens is 254 g/mol. The normalized spacial score (nSPS) is 26.1. The Bertz CT molecular complexity index is 417. The van der Waals surface area contributed by atoms with Gasteiger partial charge in [-0.1, -0.05) is 6.92 Å². The molecular formula is C15H25N3O2. The highest BCUT2D eigenvalue weighted by Gasteiger charge is 2.28. The van der Waals surface area contributed by atoms with Crippen LogP contribution in [-0.4, -0.2) is 41.2 Å². The van der Waals surface area contributed by atoms with Crippen molar-refractivity contribution in [1.29, 1.82) is 0 Å². The lowest BCUT2D eigenvalue weighted by Crippen LogP contribution is -2.29. The lowest BCUT2D eigenvalue weighted by Gasteiger charge is -2.14. The molecule has 2 heterocycles. The van der Waals surface area contributed by atoms with E-state index in [0.717, 1.165) is 44.1 Å². The zero-order valence-corrected chi connectivity index (χ0v) is 12.3. The van der Waals surface area contributed by atoms with Crippen molar-refractivity contribution in [2.24, 2.45) is 0 Å². The summed E-state index contributed by atoms with van der Waals surface area (Å²) < 4.78 is 13.7. The van der Waals surface area contributed by atoms with Crippen LogP contribution in [0, 0.1) is 0 Å². The molecule has 2 fully saturated rings. The molecule has 2 aliphatic rings. The highest BCUT2D eigenvalue weighted by Crippen LogP contribution is 2.23. The number of nitrogens with zero attached hydrogens (tertiary/aromatic N) is 2. The summed E-state index contributed by atoms with van der Waals surface area (Å²) in [5.41, 5.74) is 0. The van der Waals surface area contributed by atoms with Gasteiger partial charge in [0.15, 0.2) is 5.75 Å². The van der Waals surface area contributed by atoms with E-state index in [2.05, 4.69) is 17.3 Å². The zero-order valence-electron chi connectivity index (χ0n) is 12.3. The van der Waals surface area contributed by atoms with Crippen molar-refractivity contribution in [3.05, 3.63) is 12.4 Å². The van der Waals surface area contributed by atoms with Crippen molar-refractivity contribution >= 4 is 0 Å². The molecule has 0 amide bonds. The molecule has 1 aliphatic carbocycles. The molecule has 1 aromatic heterocycles. The fourth-order valence-electron chi connectivity index (χ4n) is 2.60. The van der Waals surface area contributed by atoms with Crippen molar-refractivity contribution in [2.75, 3.05) is 13.2 Å². The highest BCUT2D eigenvalue weighted by molar-refractivity contribution is 5.11. The standard InChI is InChI=1S/C15H25N3O2/c1-2-7-18-10-15(9-17-18)19-11-14-6-5-13(20-14)8-16-12-3-4-12/h9-10,12-14,16H,2-8,11H2,1H3. The molecule has 0 radical (unpaired) electrons. The SMILES string of the molecule is CCCn1cc(OCC2CCC(CNC3CC3)O2)cn1. The van der Waals surface area contributed by atoms with E-state index in [1.54, 1.807) is 6.20 Å². The Kier molecular flexibility index (Phi) is 4.58. The molecule has 0 spiro atoms. The third kappa shape index (κ3) is 3.96. The predicted molar refractivity (Wildman–Crippen MR) is 76.9 cm³/mol. The number of nitrogens with one attached hydrogen (secondary N) is 1. The third-order valence-corrected chi connectivity index (χ3v) is 3.91. The molecule has 2 unspecified atom stereocenters. The van der Waals surface area contributed by atoms with Gasteiger partial charge >= 0.3 is 0 Å². The molecule has 5 nitrogen and oxygen atoms in total. The second kappa shape index (κ2) is 6.59. The van der Waals surface area contributed by atoms with Gasteiger partial charge in [0, 0.05) is 19.1 Å². The first-order valence-corrected chi connectivity index (χ1v) is 7.87. The summed E-state index contributed by atoms with van der Waals surface area (Å²) in [6, 6.07) is 0.762. The topological polar surface area (TPSA) is 48.3 Å². The van der Waals surface area contributed by atoms with E-state index in [9.17, 15) is 0 Å². The first-order chi connectivity index (χ1) is 9.83. The van der Waals surface area contributed by atoms with Crippen molar-refractivity contribution < 1.29 is 9.47 Å². The largest absolute Gasteiger partial charge is 0.488 e. The number of aromatic nitrogens is 2. The van der Waals surface area contributed by atoms with Gasteiger partial charge in [-0.25, -0.2) is 0 Å². The molecule has 0 aromatic carbocycles. The molecule has 2 atom stereocenters. The van der Waals surface area contributed by atoms with Gasteiger partial charge in [0.25, 0.3) is 0 Å². The fourth-order valence-corrected chi connectivity index (χ4v) is 2.60. The minimum absolute atomic E-state index is 0.232. The summed E-state index contributed by atoms with van der Waals surface area (Å²) in [5, 5.41) is 7.79. The summed E-state index contributed by atoms with van der Waals surface area (Å²) >= 11 is 0. The van der Waals surface area contributed by atoms with Gasteiger partial charge in [0.1, 0.15) is 6.61 Å². The van der Waals surface area contributed by atoms with Gasteiger partial charge < -0.3 is 14.8 Å². The molecule has 20 heavy (non-hydrogen) atoms. The quantitative estimate of drug-likeness (QED) is 0.790. The summed E-state index contributed by atoms with van der Waals surface area (Å²) in [7, 11) is 0. The first kappa shape index (κ1) is 13.9. The van der Waals surface area contributed by atoms with Crippen LogP contribution in [0.15, 0.2) is 12.4 Å². The Labute approximate surface area is 120 Å². The van der Waals surface area contributed by atoms with Crippen LogP contribution in [0.25, 0.3) is 0 Å². The molecule has 1 aromatic rings. The van der Waals surface area contributed by atoms with E-state index in [-0.39, 0.29) is 6.10 Å². The van der Waals surface area contributed by atoms with Crippen LogP contribution in [0.3, 0.4) is 0 Å². The van der Waals surface area contributed by atoms with Crippen LogP contribution >= 0.6 is 0 Å². The van der Waals surface area contributed by atoms with Gasteiger partial charge in [-0.05, 0) is 32.1 Å². The van der Waals surface area contributed by atoms with Crippen molar-refractivity contribution in [1.82, 2.24) is 15.1 Å². The summed E-state index contributed by atoms with van der Waals surface area (Å²) in [4.78, 5) is 0. The Balaban J connectivity index is 1.35. The lowest BCUT2D eigenvalue weighted by molar-refractivity contribution is 0.0184. The van der Waals surface area contributed by atoms with Gasteiger partial charge in [0.2, 0.25) is 0 Å². The van der Waals surface area contributed by atoms with Gasteiger partial charge in [-0.3, -0.25) is 4.68 Å². The second-order valence-corrected chi connectivity index (χ2v) is 5.89. The van der Waals surface area contributed by atoms with E-state index in [1.165, 1.54) is 12.8 Å². The Morgan fingerprint density at radius 2 is 2.20 bits per heavy atom. The monoisotopic (exact) mass is 279 g/mol. The number of rotatable bonds is 8. The van der Waals surface area contributed by atoms with E-state index >= 15 is 0 Å². The molecule has 1 saturated carbocycles. The van der Waals surface area contributed by atoms with Crippen LogP contribution in [0.1, 0.15) is 39.0 Å². The summed E-state index contributed by atoms with van der Waals surface area (Å²) in [6.07, 6.45) is 10.3. The maximum atomic E-state index is 6.00. The van der Waals surface area contributed by atoms with Crippen molar-refractivity contribution in [3.63, 3.8) is 0 Å². The number of hydrogen-bond donors (Lipinski definition) is 1. The minimum Gasteiger partial charge on any atom is -0.488 e. The van der Waals surface area contributed by atoms with E-state index < -0.39 is 0 Å². The van der Waals surface area contributed by atoms with Crippen LogP contribution in [-0.2, 0) is 11.3 Å². The van der Waals surface area contributed by atoms with E-state index in [1.807, 2.05) is 10.9 Å². The van der Waals surface area contributed by atoms with Gasteiger partial charge in [-0.15, -0.1) is 0 Å². The maximum Gasteiger partial charge on any atom is 0.157 e. The molecule has 1 N–H and O–H groups in total. The number of ether oxygens (including phenoxy) is 2. The highest BCUT2D eigenvalue weighted by atomic mass is 16.5. The summed E-state index contributed by atoms with van der Waals surface area (Å²) in [6.45, 7) is 4.72. The van der Waals surface area contributed by atoms with E-state index in [0.29, 0.717) is 12.7 Å². The fraction of sp³-hybridized carbons (Fsp3) is 0.800. The first-order valence-electron chi connectivity index (χ1n) is 7.87. The lowest BCUT2D eigenvalue weighted by atomic mass is 10.2. The molecule has 1 saturated heterocycles. The predicted octanol–water partition coefficient (Wildman–Crippen LogP) is 1.97. The Morgan fingerprint density at radius 3 is 3.00 bits per heavy atom. The van der Waals surface area contributed by atoms with Gasteiger partial charge in [-0.2, -0.15) is 5.10 Å². The maximum absolute atomic E-state index is 6.00. The third-order valence-electron chi connectivity index (χ3n) is 3.91. The Morgan fingerprint density at radius 1 is 1.35 bits per heavy atom. The molecule has 0 bridgehead atoms. The van der Waals surface area contributed by atoms with Crippen molar-refractivity contribution in [3.8, 4) is 5.75 Å². The number of aryl methyl sites for hydroxylation is 1. The average molecular weight is 279 g/mol. The molecule has 3 rings (SSSR count). The van der Waals surface area contributed by atoms with E-state index in [4.69, 9.17) is 9.47 Å². The second-order valence-electron chi connectivity index (χ2n) is 5.89. The zero-order chi connectivity index (χ0) is 13.8. The molecule has 5 heteroatoms. The average Bonchev–Trinajstić information content (AvgIpc) is 2.98. The van der Waals surface area contributed by atoms with Crippen LogP contribution in [0.5, 0.6) is 5.75 Å². The molecule has 112 valence electrons. The van der Waals surface area contributed by atoms with Crippen LogP contribution in [0.2, 0.25) is 0 Å². The minimum atomic E-state index is 0.232. The summed E-state index contributed by atoms with van der Waals surface area (Å²) in [5.74, 6) is 0.849. The number of hydrogen-bond acceptors (Lipinski definition) is 4. The smallest absolute Gasteiger partial charge is 0.157 e. The Hall–Kier alpha value is -1.07. The van der Waals surface area contributed by atoms with Crippen LogP contribution < -0.4 is 10.1 Å². The molecule has 1 aliphatic heterocycles.